The molecule has 0 saturated carbocycles. The van der Waals surface area contributed by atoms with Crippen LogP contribution in [-0.2, 0) is 11.4 Å². The normalized spacial score (nSPS) is 10.6. The first kappa shape index (κ1) is 12.4. The number of nitrogens with one attached hydrogen (secondary N) is 1. The van der Waals surface area contributed by atoms with E-state index in [-0.39, 0.29) is 5.91 Å². The largest absolute Gasteiger partial charge is 0.306 e. The molecule has 100 valence electrons. The number of benzene rings is 1. The molecule has 2 aromatic heterocycles. The summed E-state index contributed by atoms with van der Waals surface area (Å²) in [4.78, 5) is 21.3. The number of hydrogen-bond acceptors (Lipinski definition) is 3. The molecule has 0 atom stereocenters. The van der Waals surface area contributed by atoms with Gasteiger partial charge in [0.25, 0.3) is 5.91 Å². The molecule has 1 N–H and O–H groups in total. The minimum absolute atomic E-state index is 0.319. The van der Waals surface area contributed by atoms with E-state index >= 15 is 0 Å². The van der Waals surface area contributed by atoms with E-state index in [0.29, 0.717) is 12.3 Å². The fourth-order valence-corrected chi connectivity index (χ4v) is 1.86. The lowest BCUT2D eigenvalue weighted by atomic mass is 10.2. The van der Waals surface area contributed by atoms with Crippen LogP contribution in [0.1, 0.15) is 16.1 Å². The van der Waals surface area contributed by atoms with Gasteiger partial charge in [0.15, 0.2) is 0 Å². The van der Waals surface area contributed by atoms with Crippen molar-refractivity contribution in [1.82, 2.24) is 14.9 Å². The molecule has 2 heterocycles. The van der Waals surface area contributed by atoms with Crippen LogP contribution in [0, 0.1) is 0 Å². The molecule has 5 heteroatoms. The zero-order valence-electron chi connectivity index (χ0n) is 10.7. The van der Waals surface area contributed by atoms with Crippen molar-refractivity contribution in [2.24, 2.45) is 0 Å². The van der Waals surface area contributed by atoms with E-state index in [2.05, 4.69) is 10.5 Å². The zero-order chi connectivity index (χ0) is 13.8. The summed E-state index contributed by atoms with van der Waals surface area (Å²) in [6.07, 6.45) is 3.50. The third-order valence-electron chi connectivity index (χ3n) is 2.84. The highest BCUT2D eigenvalue weighted by atomic mass is 16.6. The zero-order valence-corrected chi connectivity index (χ0v) is 10.7. The number of fused-ring (bicyclic) bond motifs is 1. The van der Waals surface area contributed by atoms with Crippen molar-refractivity contribution in [1.29, 1.82) is 0 Å². The van der Waals surface area contributed by atoms with Gasteiger partial charge in [0, 0.05) is 12.4 Å². The molecule has 3 aromatic rings. The Balaban J connectivity index is 1.61. The summed E-state index contributed by atoms with van der Waals surface area (Å²) in [5.41, 5.74) is 4.43. The molecule has 0 radical (unpaired) electrons. The smallest absolute Gasteiger partial charge is 0.295 e. The summed E-state index contributed by atoms with van der Waals surface area (Å²) in [5, 5.41) is 0. The molecule has 0 aliphatic carbocycles. The number of rotatable bonds is 4. The number of pyridine rings is 1. The Kier molecular flexibility index (Phi) is 3.43. The van der Waals surface area contributed by atoms with Crippen LogP contribution in [0.25, 0.3) is 5.65 Å². The number of aromatic nitrogens is 2. The van der Waals surface area contributed by atoms with Gasteiger partial charge in [-0.05, 0) is 17.7 Å². The van der Waals surface area contributed by atoms with Crippen LogP contribution >= 0.6 is 0 Å². The molecule has 0 bridgehead atoms. The van der Waals surface area contributed by atoms with E-state index in [9.17, 15) is 4.79 Å². The molecular formula is C15H13N3O2. The predicted octanol–water partition coefficient (Wildman–Crippen LogP) is 2.20. The molecule has 0 saturated heterocycles. The molecule has 0 aliphatic rings. The number of hydrogen-bond donors (Lipinski definition) is 1. The SMILES string of the molecule is O=C(NOCc1ccccc1)c1cn2ccccc2n1. The van der Waals surface area contributed by atoms with Gasteiger partial charge in [0.1, 0.15) is 11.3 Å². The second-order valence-electron chi connectivity index (χ2n) is 4.30. The molecule has 0 aliphatic heterocycles. The molecule has 0 unspecified atom stereocenters. The Bertz CT molecular complexity index is 689. The first-order chi connectivity index (χ1) is 9.83. The summed E-state index contributed by atoms with van der Waals surface area (Å²) in [6, 6.07) is 15.2. The van der Waals surface area contributed by atoms with Gasteiger partial charge < -0.3 is 4.40 Å². The topological polar surface area (TPSA) is 55.6 Å². The van der Waals surface area contributed by atoms with Crippen molar-refractivity contribution >= 4 is 11.6 Å². The van der Waals surface area contributed by atoms with Crippen molar-refractivity contribution in [3.63, 3.8) is 0 Å². The monoisotopic (exact) mass is 267 g/mol. The van der Waals surface area contributed by atoms with Crippen molar-refractivity contribution in [2.45, 2.75) is 6.61 Å². The van der Waals surface area contributed by atoms with Crippen molar-refractivity contribution in [2.75, 3.05) is 0 Å². The molecule has 1 aromatic carbocycles. The molecule has 5 nitrogen and oxygen atoms in total. The Hall–Kier alpha value is -2.66. The first-order valence-electron chi connectivity index (χ1n) is 6.23. The highest BCUT2D eigenvalue weighted by molar-refractivity contribution is 5.92. The van der Waals surface area contributed by atoms with E-state index in [1.807, 2.05) is 54.7 Å². The molecule has 1 amide bonds. The summed E-state index contributed by atoms with van der Waals surface area (Å²) in [7, 11) is 0. The third kappa shape index (κ3) is 2.67. The number of nitrogens with zero attached hydrogens (tertiary/aromatic N) is 2. The van der Waals surface area contributed by atoms with Gasteiger partial charge in [0.2, 0.25) is 0 Å². The third-order valence-corrected chi connectivity index (χ3v) is 2.84. The molecular weight excluding hydrogens is 254 g/mol. The standard InChI is InChI=1S/C15H13N3O2/c19-15(17-20-11-12-6-2-1-3-7-12)13-10-18-9-5-4-8-14(18)16-13/h1-10H,11H2,(H,17,19). The fourth-order valence-electron chi connectivity index (χ4n) is 1.86. The Labute approximate surface area is 115 Å². The lowest BCUT2D eigenvalue weighted by Gasteiger charge is -2.03. The Morgan fingerprint density at radius 2 is 1.95 bits per heavy atom. The van der Waals surface area contributed by atoms with Crippen molar-refractivity contribution in [3.05, 3.63) is 72.2 Å². The van der Waals surface area contributed by atoms with Gasteiger partial charge in [-0.3, -0.25) is 9.63 Å². The maximum absolute atomic E-state index is 11.9. The Morgan fingerprint density at radius 3 is 2.75 bits per heavy atom. The van der Waals surface area contributed by atoms with E-state index in [1.165, 1.54) is 0 Å². The lowest BCUT2D eigenvalue weighted by Crippen LogP contribution is -2.23. The van der Waals surface area contributed by atoms with Gasteiger partial charge in [0.05, 0.1) is 6.61 Å². The minimum Gasteiger partial charge on any atom is -0.306 e. The Morgan fingerprint density at radius 1 is 1.15 bits per heavy atom. The average Bonchev–Trinajstić information content (AvgIpc) is 2.92. The summed E-state index contributed by atoms with van der Waals surface area (Å²) in [5.74, 6) is -0.357. The van der Waals surface area contributed by atoms with Crippen LogP contribution in [0.3, 0.4) is 0 Å². The summed E-state index contributed by atoms with van der Waals surface area (Å²) < 4.78 is 1.78. The van der Waals surface area contributed by atoms with Crippen molar-refractivity contribution < 1.29 is 9.63 Å². The number of amides is 1. The second kappa shape index (κ2) is 5.54. The average molecular weight is 267 g/mol. The number of carbonyl (C=O) groups is 1. The highest BCUT2D eigenvalue weighted by Gasteiger charge is 2.10. The number of carbonyl (C=O) groups excluding carboxylic acids is 1. The molecule has 3 rings (SSSR count). The molecule has 0 spiro atoms. The number of hydroxylamine groups is 1. The summed E-state index contributed by atoms with van der Waals surface area (Å²) in [6.45, 7) is 0.319. The highest BCUT2D eigenvalue weighted by Crippen LogP contribution is 2.05. The number of imidazole rings is 1. The first-order valence-corrected chi connectivity index (χ1v) is 6.23. The quantitative estimate of drug-likeness (QED) is 0.737. The van der Waals surface area contributed by atoms with Gasteiger partial charge in [-0.2, -0.15) is 0 Å². The maximum Gasteiger partial charge on any atom is 0.295 e. The van der Waals surface area contributed by atoms with Crippen LogP contribution in [0.2, 0.25) is 0 Å². The van der Waals surface area contributed by atoms with E-state index in [1.54, 1.807) is 10.6 Å². The fraction of sp³-hybridized carbons (Fsp3) is 0.0667. The van der Waals surface area contributed by atoms with E-state index < -0.39 is 0 Å². The van der Waals surface area contributed by atoms with Gasteiger partial charge in [-0.15, -0.1) is 0 Å². The molecule has 20 heavy (non-hydrogen) atoms. The predicted molar refractivity (Wildman–Crippen MR) is 73.9 cm³/mol. The van der Waals surface area contributed by atoms with Crippen LogP contribution in [0.4, 0.5) is 0 Å². The van der Waals surface area contributed by atoms with Gasteiger partial charge in [-0.25, -0.2) is 10.5 Å². The van der Waals surface area contributed by atoms with Gasteiger partial charge in [-0.1, -0.05) is 36.4 Å². The minimum atomic E-state index is -0.357. The van der Waals surface area contributed by atoms with Crippen LogP contribution in [-0.4, -0.2) is 15.3 Å². The van der Waals surface area contributed by atoms with E-state index in [0.717, 1.165) is 11.2 Å². The van der Waals surface area contributed by atoms with Crippen LogP contribution in [0.5, 0.6) is 0 Å². The second-order valence-corrected chi connectivity index (χ2v) is 4.30. The van der Waals surface area contributed by atoms with Crippen molar-refractivity contribution in [3.8, 4) is 0 Å². The lowest BCUT2D eigenvalue weighted by molar-refractivity contribution is 0.0230. The summed E-state index contributed by atoms with van der Waals surface area (Å²) >= 11 is 0. The van der Waals surface area contributed by atoms with Gasteiger partial charge >= 0.3 is 0 Å². The van der Waals surface area contributed by atoms with Crippen LogP contribution in [0.15, 0.2) is 60.9 Å². The maximum atomic E-state index is 11.9. The molecule has 0 fully saturated rings. The van der Waals surface area contributed by atoms with Crippen LogP contribution < -0.4 is 5.48 Å². The van der Waals surface area contributed by atoms with E-state index in [4.69, 9.17) is 4.84 Å².